The molecule has 0 unspecified atom stereocenters. The topological polar surface area (TPSA) is 66.0 Å². The van der Waals surface area contributed by atoms with Gasteiger partial charge in [0.05, 0.1) is 5.02 Å². The van der Waals surface area contributed by atoms with Crippen LogP contribution in [0, 0.1) is 18.3 Å². The van der Waals surface area contributed by atoms with E-state index in [1.54, 1.807) is 48.5 Å². The number of rotatable bonds is 4. The third-order valence-corrected chi connectivity index (χ3v) is 4.71. The largest absolute Gasteiger partial charge is 0.457 e. The van der Waals surface area contributed by atoms with Crippen molar-refractivity contribution in [3.63, 3.8) is 0 Å². The maximum atomic E-state index is 12.4. The monoisotopic (exact) mass is 430 g/mol. The van der Waals surface area contributed by atoms with Crippen LogP contribution in [0.4, 0.5) is 5.69 Å². The van der Waals surface area contributed by atoms with Gasteiger partial charge in [0.15, 0.2) is 0 Å². The second-order valence-electron chi connectivity index (χ2n) is 5.91. The van der Waals surface area contributed by atoms with Crippen molar-refractivity contribution in [1.29, 1.82) is 5.26 Å². The lowest BCUT2D eigenvalue weighted by Crippen LogP contribution is -2.14. The lowest BCUT2D eigenvalue weighted by molar-refractivity contribution is -0.112. The van der Waals surface area contributed by atoms with Crippen LogP contribution in [0.5, 0.6) is 0 Å². The summed E-state index contributed by atoms with van der Waals surface area (Å²) in [6.45, 7) is 1.81. The maximum Gasteiger partial charge on any atom is 0.266 e. The number of anilines is 1. The van der Waals surface area contributed by atoms with E-state index in [-0.39, 0.29) is 5.57 Å². The van der Waals surface area contributed by atoms with Crippen molar-refractivity contribution in [2.24, 2.45) is 0 Å². The van der Waals surface area contributed by atoms with Gasteiger partial charge in [-0.25, -0.2) is 0 Å². The lowest BCUT2D eigenvalue weighted by Gasteiger charge is -2.07. The number of furan rings is 1. The molecule has 4 nitrogen and oxygen atoms in total. The minimum Gasteiger partial charge on any atom is -0.457 e. The standard InChI is InChI=1S/C21H13Cl3N2O2/c1-12-8-14(22)3-6-19(12)26-21(27)13(11-25)9-16-4-7-20(28-16)17-10-15(23)2-5-18(17)24/h2-10H,1H3,(H,26,27)/b13-9+. The number of hydrogen-bond acceptors (Lipinski definition) is 3. The molecule has 0 spiro atoms. The second kappa shape index (κ2) is 8.53. The molecular weight excluding hydrogens is 419 g/mol. The minimum absolute atomic E-state index is 0.104. The molecule has 1 heterocycles. The summed E-state index contributed by atoms with van der Waals surface area (Å²) >= 11 is 18.1. The van der Waals surface area contributed by atoms with Crippen molar-refractivity contribution in [2.45, 2.75) is 6.92 Å². The number of carbonyl (C=O) groups excluding carboxylic acids is 1. The molecule has 0 aliphatic rings. The Morgan fingerprint density at radius 3 is 2.50 bits per heavy atom. The van der Waals surface area contributed by atoms with E-state index in [9.17, 15) is 10.1 Å². The zero-order chi connectivity index (χ0) is 20.3. The second-order valence-corrected chi connectivity index (χ2v) is 7.19. The van der Waals surface area contributed by atoms with E-state index in [1.807, 2.05) is 13.0 Å². The van der Waals surface area contributed by atoms with Crippen molar-refractivity contribution in [1.82, 2.24) is 0 Å². The van der Waals surface area contributed by atoms with Crippen molar-refractivity contribution in [3.8, 4) is 17.4 Å². The number of nitrogens with one attached hydrogen (secondary N) is 1. The van der Waals surface area contributed by atoms with Crippen LogP contribution in [0.15, 0.2) is 58.5 Å². The fourth-order valence-corrected chi connectivity index (χ4v) is 3.12. The first-order valence-electron chi connectivity index (χ1n) is 8.12. The first-order valence-corrected chi connectivity index (χ1v) is 9.25. The number of halogens is 3. The Morgan fingerprint density at radius 1 is 1.07 bits per heavy atom. The molecule has 0 aliphatic carbocycles. The molecular formula is C21H13Cl3N2O2. The number of nitrogens with zero attached hydrogens (tertiary/aromatic N) is 1. The third-order valence-electron chi connectivity index (χ3n) is 3.91. The van der Waals surface area contributed by atoms with Crippen LogP contribution >= 0.6 is 34.8 Å². The molecule has 2 aromatic carbocycles. The van der Waals surface area contributed by atoms with Gasteiger partial charge in [0, 0.05) is 27.4 Å². The van der Waals surface area contributed by atoms with Gasteiger partial charge in [-0.3, -0.25) is 4.79 Å². The smallest absolute Gasteiger partial charge is 0.266 e. The molecule has 0 fully saturated rings. The summed E-state index contributed by atoms with van der Waals surface area (Å²) in [5, 5.41) is 13.6. The highest BCUT2D eigenvalue weighted by molar-refractivity contribution is 6.35. The van der Waals surface area contributed by atoms with Gasteiger partial charge in [-0.15, -0.1) is 0 Å². The van der Waals surface area contributed by atoms with Gasteiger partial charge in [-0.05, 0) is 61.0 Å². The Bertz CT molecular complexity index is 1130. The minimum atomic E-state index is -0.549. The molecule has 0 radical (unpaired) electrons. The molecule has 3 rings (SSSR count). The number of hydrogen-bond donors (Lipinski definition) is 1. The highest BCUT2D eigenvalue weighted by Crippen LogP contribution is 2.32. The molecule has 0 atom stereocenters. The van der Waals surface area contributed by atoms with Crippen LogP contribution in [0.2, 0.25) is 15.1 Å². The maximum absolute atomic E-state index is 12.4. The van der Waals surface area contributed by atoms with E-state index < -0.39 is 5.91 Å². The Kier molecular flexibility index (Phi) is 6.11. The highest BCUT2D eigenvalue weighted by Gasteiger charge is 2.14. The highest BCUT2D eigenvalue weighted by atomic mass is 35.5. The van der Waals surface area contributed by atoms with Gasteiger partial charge in [0.25, 0.3) is 5.91 Å². The first-order chi connectivity index (χ1) is 13.4. The van der Waals surface area contributed by atoms with Crippen LogP contribution in [0.3, 0.4) is 0 Å². The molecule has 1 amide bonds. The van der Waals surface area contributed by atoms with Crippen molar-refractivity contribution in [3.05, 3.63) is 80.5 Å². The molecule has 0 bridgehead atoms. The number of amides is 1. The van der Waals surface area contributed by atoms with Crippen LogP contribution < -0.4 is 5.32 Å². The SMILES string of the molecule is Cc1cc(Cl)ccc1NC(=O)/C(C#N)=C/c1ccc(-c2cc(Cl)ccc2Cl)o1. The zero-order valence-electron chi connectivity index (χ0n) is 14.6. The fraction of sp³-hybridized carbons (Fsp3) is 0.0476. The summed E-state index contributed by atoms with van der Waals surface area (Å²) in [7, 11) is 0. The third kappa shape index (κ3) is 4.58. The molecule has 1 aromatic heterocycles. The van der Waals surface area contributed by atoms with Gasteiger partial charge >= 0.3 is 0 Å². The van der Waals surface area contributed by atoms with Gasteiger partial charge < -0.3 is 9.73 Å². The first kappa shape index (κ1) is 20.0. The number of nitriles is 1. The summed E-state index contributed by atoms with van der Waals surface area (Å²) in [6.07, 6.45) is 1.36. The van der Waals surface area contributed by atoms with E-state index in [0.29, 0.717) is 37.8 Å². The van der Waals surface area contributed by atoms with Crippen molar-refractivity contribution < 1.29 is 9.21 Å². The normalized spacial score (nSPS) is 11.2. The van der Waals surface area contributed by atoms with E-state index in [0.717, 1.165) is 5.56 Å². The van der Waals surface area contributed by atoms with Crippen LogP contribution in [-0.4, -0.2) is 5.91 Å². The summed E-state index contributed by atoms with van der Waals surface area (Å²) in [5.41, 5.74) is 1.87. The average Bonchev–Trinajstić information content (AvgIpc) is 3.12. The predicted octanol–water partition coefficient (Wildman–Crippen LogP) is 6.76. The zero-order valence-corrected chi connectivity index (χ0v) is 16.9. The van der Waals surface area contributed by atoms with E-state index in [1.165, 1.54) is 6.08 Å². The van der Waals surface area contributed by atoms with Gasteiger partial charge in [0.1, 0.15) is 23.2 Å². The molecule has 140 valence electrons. The quantitative estimate of drug-likeness (QED) is 0.366. The lowest BCUT2D eigenvalue weighted by atomic mass is 10.1. The molecule has 1 N–H and O–H groups in total. The van der Waals surface area contributed by atoms with Gasteiger partial charge in [0.2, 0.25) is 0 Å². The van der Waals surface area contributed by atoms with E-state index in [2.05, 4.69) is 5.32 Å². The Labute approximate surface area is 176 Å². The number of carbonyl (C=O) groups is 1. The Hall–Kier alpha value is -2.71. The summed E-state index contributed by atoms with van der Waals surface area (Å²) in [5.74, 6) is 0.266. The van der Waals surface area contributed by atoms with E-state index >= 15 is 0 Å². The van der Waals surface area contributed by atoms with Crippen LogP contribution in [0.25, 0.3) is 17.4 Å². The van der Waals surface area contributed by atoms with Crippen molar-refractivity contribution >= 4 is 52.5 Å². The Morgan fingerprint density at radius 2 is 1.79 bits per heavy atom. The molecule has 3 aromatic rings. The van der Waals surface area contributed by atoms with Crippen LogP contribution in [0.1, 0.15) is 11.3 Å². The fourth-order valence-electron chi connectivity index (χ4n) is 2.51. The number of aryl methyl sites for hydroxylation is 1. The summed E-state index contributed by atoms with van der Waals surface area (Å²) in [4.78, 5) is 12.4. The summed E-state index contributed by atoms with van der Waals surface area (Å²) < 4.78 is 5.71. The number of benzene rings is 2. The molecule has 0 saturated heterocycles. The molecule has 7 heteroatoms. The van der Waals surface area contributed by atoms with Gasteiger partial charge in [-0.1, -0.05) is 34.8 Å². The molecule has 28 heavy (non-hydrogen) atoms. The van der Waals surface area contributed by atoms with Crippen molar-refractivity contribution in [2.75, 3.05) is 5.32 Å². The predicted molar refractivity (Wildman–Crippen MR) is 113 cm³/mol. The molecule has 0 aliphatic heterocycles. The van der Waals surface area contributed by atoms with E-state index in [4.69, 9.17) is 39.2 Å². The summed E-state index contributed by atoms with van der Waals surface area (Å²) in [6, 6.07) is 15.3. The average molecular weight is 432 g/mol. The Balaban J connectivity index is 1.85. The van der Waals surface area contributed by atoms with Gasteiger partial charge in [-0.2, -0.15) is 5.26 Å². The molecule has 0 saturated carbocycles. The van der Waals surface area contributed by atoms with Crippen LogP contribution in [-0.2, 0) is 4.79 Å².